The van der Waals surface area contributed by atoms with Gasteiger partial charge in [0, 0.05) is 22.2 Å². The van der Waals surface area contributed by atoms with Gasteiger partial charge in [-0.25, -0.2) is 0 Å². The van der Waals surface area contributed by atoms with Crippen LogP contribution in [-0.2, 0) is 10.8 Å². The minimum Gasteiger partial charge on any atom is -0.309 e. The third-order valence-electron chi connectivity index (χ3n) is 13.5. The number of benzene rings is 9. The average molecular weight is 752 g/mol. The summed E-state index contributed by atoms with van der Waals surface area (Å²) < 4.78 is 0. The van der Waals surface area contributed by atoms with Gasteiger partial charge in [0.25, 0.3) is 0 Å². The van der Waals surface area contributed by atoms with Crippen molar-refractivity contribution in [1.29, 1.82) is 0 Å². The first-order valence-electron chi connectivity index (χ1n) is 20.8. The van der Waals surface area contributed by atoms with Gasteiger partial charge in [0.1, 0.15) is 0 Å². The molecule has 0 aromatic heterocycles. The van der Waals surface area contributed by atoms with Gasteiger partial charge in [-0.2, -0.15) is 0 Å². The van der Waals surface area contributed by atoms with Gasteiger partial charge in [-0.15, -0.1) is 0 Å². The highest BCUT2D eigenvalue weighted by atomic mass is 15.1. The molecule has 0 heterocycles. The van der Waals surface area contributed by atoms with Crippen molar-refractivity contribution in [3.05, 3.63) is 246 Å². The van der Waals surface area contributed by atoms with Crippen LogP contribution < -0.4 is 4.90 Å². The zero-order valence-corrected chi connectivity index (χ0v) is 33.2. The summed E-state index contributed by atoms with van der Waals surface area (Å²) in [6.07, 6.45) is 0. The Labute approximate surface area is 346 Å². The number of hydrogen-bond donors (Lipinski definition) is 0. The molecule has 12 rings (SSSR count). The molecule has 0 atom stereocenters. The fraction of sp³-hybridized carbons (Fsp3) is 0.0690. The third-order valence-corrected chi connectivity index (χ3v) is 13.5. The molecule has 0 aliphatic heterocycles. The van der Waals surface area contributed by atoms with Gasteiger partial charge < -0.3 is 4.90 Å². The van der Waals surface area contributed by atoms with Crippen LogP contribution in [0.5, 0.6) is 0 Å². The van der Waals surface area contributed by atoms with E-state index >= 15 is 0 Å². The summed E-state index contributed by atoms with van der Waals surface area (Å²) in [5, 5.41) is 0. The Balaban J connectivity index is 1.19. The lowest BCUT2D eigenvalue weighted by Crippen LogP contribution is -2.26. The summed E-state index contributed by atoms with van der Waals surface area (Å²) in [6, 6.07) is 79.3. The Morgan fingerprint density at radius 1 is 0.305 bits per heavy atom. The lowest BCUT2D eigenvalue weighted by Gasteiger charge is -2.33. The second kappa shape index (κ2) is 12.6. The van der Waals surface area contributed by atoms with Crippen molar-refractivity contribution >= 4 is 17.1 Å². The number of fused-ring (bicyclic) bond motifs is 13. The highest BCUT2D eigenvalue weighted by Gasteiger charge is 2.52. The van der Waals surface area contributed by atoms with Crippen LogP contribution in [0, 0.1) is 0 Å². The smallest absolute Gasteiger partial charge is 0.0726 e. The fourth-order valence-electron chi connectivity index (χ4n) is 10.9. The maximum atomic E-state index is 2.58. The number of hydrogen-bond acceptors (Lipinski definition) is 1. The number of rotatable bonds is 5. The minimum absolute atomic E-state index is 0.158. The summed E-state index contributed by atoms with van der Waals surface area (Å²) in [6.45, 7) is 4.76. The monoisotopic (exact) mass is 751 g/mol. The summed E-state index contributed by atoms with van der Waals surface area (Å²) >= 11 is 0. The highest BCUT2D eigenvalue weighted by Crippen LogP contribution is 2.65. The quantitative estimate of drug-likeness (QED) is 0.169. The normalized spacial score (nSPS) is 14.2. The Kier molecular flexibility index (Phi) is 7.26. The molecule has 0 bridgehead atoms. The van der Waals surface area contributed by atoms with Crippen molar-refractivity contribution in [2.24, 2.45) is 0 Å². The van der Waals surface area contributed by atoms with Gasteiger partial charge in [0.15, 0.2) is 0 Å². The topological polar surface area (TPSA) is 3.24 Å². The molecule has 59 heavy (non-hydrogen) atoms. The molecule has 9 aromatic carbocycles. The van der Waals surface area contributed by atoms with Crippen molar-refractivity contribution in [1.82, 2.24) is 0 Å². The maximum absolute atomic E-state index is 2.58. The summed E-state index contributed by atoms with van der Waals surface area (Å²) in [4.78, 5) is 2.58. The molecule has 0 N–H and O–H groups in total. The SMILES string of the molecule is CC1(C)c2ccccc2-c2ccc(N(c3cc(-c4ccccc4)ccc3-c3ccccc3)c3cccc4c3-c3ccccc3C43c4ccccc4-c4ccccc43)cc21. The van der Waals surface area contributed by atoms with Crippen molar-refractivity contribution in [3.63, 3.8) is 0 Å². The molecule has 1 heteroatoms. The lowest BCUT2D eigenvalue weighted by atomic mass is 9.70. The Morgan fingerprint density at radius 2 is 0.797 bits per heavy atom. The molecular formula is C58H41N. The first-order chi connectivity index (χ1) is 29.0. The molecule has 278 valence electrons. The van der Waals surface area contributed by atoms with Crippen molar-refractivity contribution in [3.8, 4) is 55.6 Å². The van der Waals surface area contributed by atoms with E-state index < -0.39 is 5.41 Å². The van der Waals surface area contributed by atoms with Crippen molar-refractivity contribution in [2.75, 3.05) is 4.90 Å². The Morgan fingerprint density at radius 3 is 1.46 bits per heavy atom. The van der Waals surface area contributed by atoms with E-state index in [2.05, 4.69) is 231 Å². The van der Waals surface area contributed by atoms with Gasteiger partial charge >= 0.3 is 0 Å². The summed E-state index contributed by atoms with van der Waals surface area (Å²) in [7, 11) is 0. The molecule has 0 radical (unpaired) electrons. The third kappa shape index (κ3) is 4.67. The van der Waals surface area contributed by atoms with Crippen LogP contribution in [0.1, 0.15) is 47.2 Å². The van der Waals surface area contributed by atoms with E-state index in [9.17, 15) is 0 Å². The van der Waals surface area contributed by atoms with E-state index in [4.69, 9.17) is 0 Å². The molecule has 0 unspecified atom stereocenters. The van der Waals surface area contributed by atoms with E-state index in [-0.39, 0.29) is 5.41 Å². The van der Waals surface area contributed by atoms with E-state index in [0.29, 0.717) is 0 Å². The molecule has 0 amide bonds. The number of nitrogens with zero attached hydrogens (tertiary/aromatic N) is 1. The van der Waals surface area contributed by atoms with Crippen LogP contribution in [0.2, 0.25) is 0 Å². The Hall–Kier alpha value is -7.22. The molecular weight excluding hydrogens is 711 g/mol. The molecule has 0 fully saturated rings. The van der Waals surface area contributed by atoms with Gasteiger partial charge in [0.2, 0.25) is 0 Å². The van der Waals surface area contributed by atoms with Crippen LogP contribution in [0.3, 0.4) is 0 Å². The lowest BCUT2D eigenvalue weighted by molar-refractivity contribution is 0.660. The fourth-order valence-corrected chi connectivity index (χ4v) is 10.9. The standard InChI is InChI=1S/C58H41N/c1-57(2)48-26-13-9-22-43(48)46-35-33-41(37-53(46)57)59(55-36-40(38-18-5-3-6-19-38)32-34-42(55)39-20-7-4-8-21-39)54-31-17-30-52-56(54)47-25-12-16-29-51(47)58(52)49-27-14-10-23-44(49)45-24-11-15-28-50(45)58/h3-37H,1-2H3. The van der Waals surface area contributed by atoms with Gasteiger partial charge in [0.05, 0.1) is 16.8 Å². The van der Waals surface area contributed by atoms with Gasteiger partial charge in [-0.3, -0.25) is 0 Å². The van der Waals surface area contributed by atoms with Crippen molar-refractivity contribution in [2.45, 2.75) is 24.7 Å². The van der Waals surface area contributed by atoms with Crippen LogP contribution >= 0.6 is 0 Å². The summed E-state index contributed by atoms with van der Waals surface area (Å²) in [5.74, 6) is 0. The molecule has 0 saturated heterocycles. The number of anilines is 3. The second-order valence-corrected chi connectivity index (χ2v) is 16.8. The van der Waals surface area contributed by atoms with E-state index in [0.717, 1.165) is 11.4 Å². The molecule has 1 spiro atoms. The zero-order chi connectivity index (χ0) is 39.3. The zero-order valence-electron chi connectivity index (χ0n) is 33.2. The first kappa shape index (κ1) is 33.9. The largest absolute Gasteiger partial charge is 0.309 e. The van der Waals surface area contributed by atoms with Crippen LogP contribution in [0.15, 0.2) is 212 Å². The van der Waals surface area contributed by atoms with Crippen LogP contribution in [0.25, 0.3) is 55.6 Å². The van der Waals surface area contributed by atoms with Gasteiger partial charge in [-0.1, -0.05) is 202 Å². The van der Waals surface area contributed by atoms with E-state index in [1.807, 2.05) is 0 Å². The second-order valence-electron chi connectivity index (χ2n) is 16.8. The predicted molar refractivity (Wildman–Crippen MR) is 246 cm³/mol. The highest BCUT2D eigenvalue weighted by molar-refractivity contribution is 6.03. The maximum Gasteiger partial charge on any atom is 0.0726 e. The average Bonchev–Trinajstić information content (AvgIpc) is 3.86. The van der Waals surface area contributed by atoms with Crippen LogP contribution in [0.4, 0.5) is 17.1 Å². The van der Waals surface area contributed by atoms with Crippen LogP contribution in [-0.4, -0.2) is 0 Å². The van der Waals surface area contributed by atoms with E-state index in [1.54, 1.807) is 0 Å². The van der Waals surface area contributed by atoms with Crippen molar-refractivity contribution < 1.29 is 0 Å². The molecule has 3 aliphatic carbocycles. The molecule has 9 aromatic rings. The molecule has 3 aliphatic rings. The van der Waals surface area contributed by atoms with Gasteiger partial charge in [-0.05, 0) is 102 Å². The van der Waals surface area contributed by atoms with E-state index in [1.165, 1.54) is 94.7 Å². The minimum atomic E-state index is -0.448. The summed E-state index contributed by atoms with van der Waals surface area (Å²) in [5.41, 5.74) is 23.5. The Bertz CT molecular complexity index is 3090. The molecule has 0 saturated carbocycles. The predicted octanol–water partition coefficient (Wildman–Crippen LogP) is 15.1. The first-order valence-corrected chi connectivity index (χ1v) is 20.8. The molecule has 1 nitrogen and oxygen atoms in total.